The lowest BCUT2D eigenvalue weighted by Crippen LogP contribution is -2.45. The highest BCUT2D eigenvalue weighted by Gasteiger charge is 2.27. The fourth-order valence-electron chi connectivity index (χ4n) is 5.31. The van der Waals surface area contributed by atoms with Crippen LogP contribution in [0.2, 0.25) is 0 Å². The molecule has 0 saturated carbocycles. The second-order valence-electron chi connectivity index (χ2n) is 10.1. The number of hydrogen-bond donors (Lipinski definition) is 4. The standard InChI is InChI=1S/C31H39N3O2/c1-4-5-11-24-17-23(16-22-9-7-6-8-10-22)18-27-29(12-13-33-30(24)27)34-31(36)28(32)19-26-20(2)14-25(35)15-21(26)3/h6-10,14-15,17-18,28-29,33,35H,4-5,11-13,16,19,32H2,1-3H3,(H,34,36)/t28-,29+/m0/s1. The van der Waals surface area contributed by atoms with Gasteiger partial charge in [0.1, 0.15) is 5.75 Å². The number of rotatable bonds is 9. The molecule has 1 aliphatic heterocycles. The maximum absolute atomic E-state index is 13.2. The number of carbonyl (C=O) groups excluding carboxylic acids is 1. The normalized spacial score (nSPS) is 15.6. The molecule has 0 saturated heterocycles. The Labute approximate surface area is 215 Å². The molecule has 1 aliphatic rings. The van der Waals surface area contributed by atoms with Crippen molar-refractivity contribution in [2.24, 2.45) is 5.73 Å². The highest BCUT2D eigenvalue weighted by atomic mass is 16.3. The van der Waals surface area contributed by atoms with Gasteiger partial charge in [-0.2, -0.15) is 0 Å². The number of benzene rings is 3. The molecule has 0 aromatic heterocycles. The van der Waals surface area contributed by atoms with Crippen LogP contribution in [0.15, 0.2) is 54.6 Å². The van der Waals surface area contributed by atoms with E-state index in [-0.39, 0.29) is 17.7 Å². The molecule has 36 heavy (non-hydrogen) atoms. The number of aryl methyl sites for hydroxylation is 3. The van der Waals surface area contributed by atoms with E-state index >= 15 is 0 Å². The van der Waals surface area contributed by atoms with E-state index < -0.39 is 6.04 Å². The van der Waals surface area contributed by atoms with Crippen molar-refractivity contribution in [2.75, 3.05) is 11.9 Å². The highest BCUT2D eigenvalue weighted by molar-refractivity contribution is 5.83. The quantitative estimate of drug-likeness (QED) is 0.323. The van der Waals surface area contributed by atoms with Crippen molar-refractivity contribution in [2.45, 2.75) is 71.4 Å². The number of carbonyl (C=O) groups is 1. The average molecular weight is 486 g/mol. The number of anilines is 1. The van der Waals surface area contributed by atoms with Gasteiger partial charge in [0, 0.05) is 12.2 Å². The summed E-state index contributed by atoms with van der Waals surface area (Å²) in [5.74, 6) is 0.103. The molecule has 190 valence electrons. The molecule has 5 N–H and O–H groups in total. The molecule has 0 fully saturated rings. The van der Waals surface area contributed by atoms with Crippen molar-refractivity contribution in [3.8, 4) is 5.75 Å². The van der Waals surface area contributed by atoms with Gasteiger partial charge in [-0.25, -0.2) is 0 Å². The minimum atomic E-state index is -0.655. The zero-order valence-electron chi connectivity index (χ0n) is 21.7. The Morgan fingerprint density at radius 1 is 1.11 bits per heavy atom. The van der Waals surface area contributed by atoms with Crippen LogP contribution in [0, 0.1) is 13.8 Å². The Balaban J connectivity index is 1.57. The molecule has 3 aromatic rings. The Bertz CT molecular complexity index is 1180. The van der Waals surface area contributed by atoms with Crippen LogP contribution in [0.3, 0.4) is 0 Å². The van der Waals surface area contributed by atoms with E-state index in [2.05, 4.69) is 54.0 Å². The molecule has 0 spiro atoms. The third-order valence-electron chi connectivity index (χ3n) is 7.23. The second kappa shape index (κ2) is 11.6. The number of fused-ring (bicyclic) bond motifs is 1. The molecule has 2 atom stereocenters. The number of nitrogens with one attached hydrogen (secondary N) is 2. The minimum absolute atomic E-state index is 0.0714. The van der Waals surface area contributed by atoms with Crippen LogP contribution in [-0.2, 0) is 24.1 Å². The van der Waals surface area contributed by atoms with Gasteiger partial charge in [-0.05, 0) is 97.0 Å². The number of nitrogens with two attached hydrogens (primary N) is 1. The molecule has 0 bridgehead atoms. The number of aromatic hydroxyl groups is 1. The van der Waals surface area contributed by atoms with Gasteiger partial charge in [0.2, 0.25) is 5.91 Å². The van der Waals surface area contributed by atoms with Crippen LogP contribution in [0.5, 0.6) is 5.75 Å². The van der Waals surface area contributed by atoms with Gasteiger partial charge in [0.05, 0.1) is 12.1 Å². The van der Waals surface area contributed by atoms with E-state index in [0.29, 0.717) is 6.42 Å². The Morgan fingerprint density at radius 2 is 1.83 bits per heavy atom. The summed E-state index contributed by atoms with van der Waals surface area (Å²) in [4.78, 5) is 13.2. The predicted octanol–water partition coefficient (Wildman–Crippen LogP) is 5.49. The van der Waals surface area contributed by atoms with Gasteiger partial charge >= 0.3 is 0 Å². The minimum Gasteiger partial charge on any atom is -0.508 e. The van der Waals surface area contributed by atoms with Crippen molar-refractivity contribution in [1.82, 2.24) is 5.32 Å². The van der Waals surface area contributed by atoms with Crippen LogP contribution < -0.4 is 16.4 Å². The lowest BCUT2D eigenvalue weighted by Gasteiger charge is -2.31. The summed E-state index contributed by atoms with van der Waals surface area (Å²) in [6.07, 6.45) is 5.43. The zero-order chi connectivity index (χ0) is 25.7. The maximum atomic E-state index is 13.2. The van der Waals surface area contributed by atoms with Crippen LogP contribution in [0.4, 0.5) is 5.69 Å². The van der Waals surface area contributed by atoms with Crippen molar-refractivity contribution in [3.63, 3.8) is 0 Å². The Hall–Kier alpha value is -3.31. The largest absolute Gasteiger partial charge is 0.508 e. The molecule has 3 aromatic carbocycles. The molecule has 1 heterocycles. The molecule has 4 rings (SSSR count). The van der Waals surface area contributed by atoms with Crippen LogP contribution in [0.1, 0.15) is 71.2 Å². The topological polar surface area (TPSA) is 87.4 Å². The van der Waals surface area contributed by atoms with E-state index in [0.717, 1.165) is 55.3 Å². The summed E-state index contributed by atoms with van der Waals surface area (Å²) < 4.78 is 0. The molecule has 5 nitrogen and oxygen atoms in total. The van der Waals surface area contributed by atoms with Crippen molar-refractivity contribution in [3.05, 3.63) is 93.5 Å². The van der Waals surface area contributed by atoms with Gasteiger partial charge in [-0.1, -0.05) is 55.8 Å². The summed E-state index contributed by atoms with van der Waals surface area (Å²) in [6, 6.07) is 17.8. The number of amides is 1. The number of unbranched alkanes of at least 4 members (excludes halogenated alkanes) is 1. The van der Waals surface area contributed by atoms with E-state index in [1.807, 2.05) is 19.9 Å². The van der Waals surface area contributed by atoms with Gasteiger partial charge in [0.25, 0.3) is 0 Å². The van der Waals surface area contributed by atoms with Crippen molar-refractivity contribution >= 4 is 11.6 Å². The van der Waals surface area contributed by atoms with Gasteiger partial charge in [0.15, 0.2) is 0 Å². The first kappa shape index (κ1) is 25.8. The van der Waals surface area contributed by atoms with E-state index in [1.165, 1.54) is 27.9 Å². The van der Waals surface area contributed by atoms with Crippen LogP contribution in [0.25, 0.3) is 0 Å². The fraction of sp³-hybridized carbons (Fsp3) is 0.387. The first-order valence-electron chi connectivity index (χ1n) is 13.1. The maximum Gasteiger partial charge on any atom is 0.237 e. The molecule has 0 unspecified atom stereocenters. The first-order chi connectivity index (χ1) is 17.4. The monoisotopic (exact) mass is 485 g/mol. The van der Waals surface area contributed by atoms with Gasteiger partial charge in [-0.15, -0.1) is 0 Å². The van der Waals surface area contributed by atoms with Crippen molar-refractivity contribution < 1.29 is 9.90 Å². The summed E-state index contributed by atoms with van der Waals surface area (Å²) in [5, 5.41) is 16.7. The Kier molecular flexibility index (Phi) is 8.32. The van der Waals surface area contributed by atoms with Crippen LogP contribution in [-0.4, -0.2) is 23.6 Å². The lowest BCUT2D eigenvalue weighted by molar-refractivity contribution is -0.123. The number of phenols is 1. The second-order valence-corrected chi connectivity index (χ2v) is 10.1. The molecule has 0 aliphatic carbocycles. The number of hydrogen-bond acceptors (Lipinski definition) is 4. The van der Waals surface area contributed by atoms with E-state index in [1.54, 1.807) is 12.1 Å². The zero-order valence-corrected chi connectivity index (χ0v) is 21.7. The molecule has 0 radical (unpaired) electrons. The van der Waals surface area contributed by atoms with Gasteiger partial charge in [-0.3, -0.25) is 4.79 Å². The van der Waals surface area contributed by atoms with Crippen LogP contribution >= 0.6 is 0 Å². The summed E-state index contributed by atoms with van der Waals surface area (Å²) in [6.45, 7) is 6.93. The number of phenolic OH excluding ortho intramolecular Hbond substituents is 1. The predicted molar refractivity (Wildman–Crippen MR) is 148 cm³/mol. The molecule has 5 heteroatoms. The SMILES string of the molecule is CCCCc1cc(Cc2ccccc2)cc2c1NCC[C@H]2NC(=O)[C@@H](N)Cc1c(C)cc(O)cc1C. The van der Waals surface area contributed by atoms with Crippen molar-refractivity contribution in [1.29, 1.82) is 0 Å². The van der Waals surface area contributed by atoms with E-state index in [9.17, 15) is 9.90 Å². The molecular weight excluding hydrogens is 446 g/mol. The third-order valence-corrected chi connectivity index (χ3v) is 7.23. The third kappa shape index (κ3) is 6.08. The average Bonchev–Trinajstić information content (AvgIpc) is 2.85. The van der Waals surface area contributed by atoms with E-state index in [4.69, 9.17) is 5.73 Å². The fourth-order valence-corrected chi connectivity index (χ4v) is 5.31. The first-order valence-corrected chi connectivity index (χ1v) is 13.1. The Morgan fingerprint density at radius 3 is 2.53 bits per heavy atom. The summed E-state index contributed by atoms with van der Waals surface area (Å²) in [5.41, 5.74) is 15.6. The highest BCUT2D eigenvalue weighted by Crippen LogP contribution is 2.35. The summed E-state index contributed by atoms with van der Waals surface area (Å²) >= 11 is 0. The summed E-state index contributed by atoms with van der Waals surface area (Å²) in [7, 11) is 0. The molecule has 1 amide bonds. The molecular formula is C31H39N3O2. The van der Waals surface area contributed by atoms with Gasteiger partial charge < -0.3 is 21.5 Å². The smallest absolute Gasteiger partial charge is 0.237 e. The lowest BCUT2D eigenvalue weighted by atomic mass is 9.89.